The van der Waals surface area contributed by atoms with Gasteiger partial charge in [0.1, 0.15) is 6.04 Å². The van der Waals surface area contributed by atoms with Gasteiger partial charge in [-0.15, -0.1) is 0 Å². The lowest BCUT2D eigenvalue weighted by molar-refractivity contribution is -0.921. The van der Waals surface area contributed by atoms with Gasteiger partial charge in [0.05, 0.1) is 19.1 Å². The Morgan fingerprint density at radius 3 is 2.95 bits per heavy atom. The second-order valence-corrected chi connectivity index (χ2v) is 7.50. The smallest absolute Gasteiger partial charge is 0.112 e. The van der Waals surface area contributed by atoms with Crippen LogP contribution in [-0.2, 0) is 0 Å². The molecule has 4 aliphatic rings. The van der Waals surface area contributed by atoms with Crippen molar-refractivity contribution in [1.82, 2.24) is 0 Å². The Kier molecular flexibility index (Phi) is 2.46. The highest BCUT2D eigenvalue weighted by Gasteiger charge is 2.55. The molecule has 20 heavy (non-hydrogen) atoms. The number of quaternary nitrogens is 1. The summed E-state index contributed by atoms with van der Waals surface area (Å²) in [6, 6.07) is 10.7. The fraction of sp³-hybridized carbons (Fsp3) is 0.667. The van der Waals surface area contributed by atoms with E-state index >= 15 is 0 Å². The lowest BCUT2D eigenvalue weighted by Crippen LogP contribution is -3.17. The SMILES string of the molecule is c1ccc2c(c1)N[C@H]1[C@H]3[C@H]4CCCC[C@H]4C[NH+]3CC[C@@H]21. The molecule has 2 N–H and O–H groups in total. The van der Waals surface area contributed by atoms with Gasteiger partial charge in [0, 0.05) is 29.9 Å². The summed E-state index contributed by atoms with van der Waals surface area (Å²) in [5, 5.41) is 3.92. The van der Waals surface area contributed by atoms with Gasteiger partial charge in [-0.1, -0.05) is 31.0 Å². The van der Waals surface area contributed by atoms with Crippen LogP contribution >= 0.6 is 0 Å². The second-order valence-electron chi connectivity index (χ2n) is 7.50. The molecule has 0 bridgehead atoms. The van der Waals surface area contributed by atoms with Crippen LogP contribution in [0.25, 0.3) is 0 Å². The molecule has 0 spiro atoms. The molecule has 5 rings (SSSR count). The molecule has 2 heteroatoms. The van der Waals surface area contributed by atoms with Gasteiger partial charge in [0.2, 0.25) is 0 Å². The van der Waals surface area contributed by atoms with E-state index in [1.165, 1.54) is 50.9 Å². The minimum absolute atomic E-state index is 0.726. The van der Waals surface area contributed by atoms with E-state index in [1.807, 2.05) is 4.90 Å². The van der Waals surface area contributed by atoms with Gasteiger partial charge >= 0.3 is 0 Å². The van der Waals surface area contributed by atoms with E-state index in [1.54, 1.807) is 5.56 Å². The van der Waals surface area contributed by atoms with Crippen LogP contribution in [0.3, 0.4) is 0 Å². The molecular formula is C18H25N2+. The maximum Gasteiger partial charge on any atom is 0.112 e. The number of nitrogens with one attached hydrogen (secondary N) is 2. The highest BCUT2D eigenvalue weighted by atomic mass is 15.2. The molecule has 0 amide bonds. The third-order valence-electron chi connectivity index (χ3n) is 6.70. The van der Waals surface area contributed by atoms with E-state index in [4.69, 9.17) is 0 Å². The van der Waals surface area contributed by atoms with Crippen molar-refractivity contribution in [2.75, 3.05) is 18.4 Å². The predicted octanol–water partition coefficient (Wildman–Crippen LogP) is 2.04. The summed E-state index contributed by atoms with van der Waals surface area (Å²) in [5.41, 5.74) is 3.04. The Morgan fingerprint density at radius 1 is 1.05 bits per heavy atom. The highest BCUT2D eigenvalue weighted by Crippen LogP contribution is 2.45. The topological polar surface area (TPSA) is 16.5 Å². The van der Waals surface area contributed by atoms with Crippen LogP contribution in [0.4, 0.5) is 5.69 Å². The fourth-order valence-electron chi connectivity index (χ4n) is 5.97. The van der Waals surface area contributed by atoms with Gasteiger partial charge < -0.3 is 10.2 Å². The van der Waals surface area contributed by atoms with Crippen LogP contribution in [0.5, 0.6) is 0 Å². The average Bonchev–Trinajstić information content (AvgIpc) is 3.04. The van der Waals surface area contributed by atoms with Crippen LogP contribution in [0.1, 0.15) is 43.6 Å². The zero-order chi connectivity index (χ0) is 13.1. The molecule has 2 saturated heterocycles. The Hall–Kier alpha value is -1.02. The number of anilines is 1. The van der Waals surface area contributed by atoms with Crippen LogP contribution in [0.2, 0.25) is 0 Å². The molecule has 6 atom stereocenters. The molecule has 2 nitrogen and oxygen atoms in total. The Labute approximate surface area is 121 Å². The number of benzene rings is 1. The minimum Gasteiger partial charge on any atom is -0.376 e. The molecule has 1 saturated carbocycles. The van der Waals surface area contributed by atoms with Gasteiger partial charge in [0.25, 0.3) is 0 Å². The van der Waals surface area contributed by atoms with Crippen molar-refractivity contribution in [3.63, 3.8) is 0 Å². The summed E-state index contributed by atoms with van der Waals surface area (Å²) in [7, 11) is 0. The summed E-state index contributed by atoms with van der Waals surface area (Å²) in [4.78, 5) is 1.93. The first kappa shape index (κ1) is 11.6. The first-order valence-corrected chi connectivity index (χ1v) is 8.62. The van der Waals surface area contributed by atoms with Crippen molar-refractivity contribution in [3.8, 4) is 0 Å². The quantitative estimate of drug-likeness (QED) is 0.737. The van der Waals surface area contributed by atoms with Crippen molar-refractivity contribution >= 4 is 5.69 Å². The third kappa shape index (κ3) is 1.49. The second kappa shape index (κ2) is 4.24. The maximum absolute atomic E-state index is 3.92. The minimum atomic E-state index is 0.726. The molecular weight excluding hydrogens is 244 g/mol. The van der Waals surface area contributed by atoms with Gasteiger partial charge in [-0.3, -0.25) is 0 Å². The summed E-state index contributed by atoms with van der Waals surface area (Å²) in [5.74, 6) is 2.84. The zero-order valence-corrected chi connectivity index (χ0v) is 12.1. The van der Waals surface area contributed by atoms with Gasteiger partial charge in [-0.25, -0.2) is 0 Å². The first-order chi connectivity index (χ1) is 9.92. The standard InChI is InChI=1S/C18H24N2/c1-2-6-13-12(5-1)11-20-10-9-15-14-7-3-4-8-16(14)19-17(15)18(13)20/h3-4,7-8,12-13,15,17-19H,1-2,5-6,9-11H2/p+1/t12-,13-,15-,17+,18+/m0/s1. The van der Waals surface area contributed by atoms with Crippen molar-refractivity contribution < 1.29 is 4.90 Å². The Morgan fingerprint density at radius 2 is 1.95 bits per heavy atom. The van der Waals surface area contributed by atoms with E-state index in [0.29, 0.717) is 0 Å². The molecule has 0 radical (unpaired) electrons. The average molecular weight is 269 g/mol. The maximum atomic E-state index is 3.92. The number of para-hydroxylation sites is 1. The van der Waals surface area contributed by atoms with Crippen LogP contribution in [0, 0.1) is 11.8 Å². The number of hydrogen-bond acceptors (Lipinski definition) is 1. The number of fused-ring (bicyclic) bond motifs is 7. The van der Waals surface area contributed by atoms with E-state index in [-0.39, 0.29) is 0 Å². The molecule has 1 aliphatic carbocycles. The molecule has 1 aromatic rings. The van der Waals surface area contributed by atoms with Crippen molar-refractivity contribution in [1.29, 1.82) is 0 Å². The summed E-state index contributed by atoms with van der Waals surface area (Å²) in [6.07, 6.45) is 7.37. The molecule has 3 heterocycles. The first-order valence-electron chi connectivity index (χ1n) is 8.62. The van der Waals surface area contributed by atoms with Crippen molar-refractivity contribution in [2.24, 2.45) is 11.8 Å². The molecule has 106 valence electrons. The lowest BCUT2D eigenvalue weighted by atomic mass is 9.73. The Balaban J connectivity index is 1.51. The summed E-state index contributed by atoms with van der Waals surface area (Å²) in [6.45, 7) is 2.88. The van der Waals surface area contributed by atoms with Crippen molar-refractivity contribution in [3.05, 3.63) is 29.8 Å². The van der Waals surface area contributed by atoms with E-state index in [2.05, 4.69) is 29.6 Å². The van der Waals surface area contributed by atoms with E-state index < -0.39 is 0 Å². The lowest BCUT2D eigenvalue weighted by Gasteiger charge is -2.39. The third-order valence-corrected chi connectivity index (χ3v) is 6.70. The molecule has 1 unspecified atom stereocenters. The molecule has 0 aromatic heterocycles. The Bertz CT molecular complexity index is 526. The summed E-state index contributed by atoms with van der Waals surface area (Å²) >= 11 is 0. The largest absolute Gasteiger partial charge is 0.376 e. The molecule has 3 aliphatic heterocycles. The number of rotatable bonds is 0. The van der Waals surface area contributed by atoms with Crippen LogP contribution in [0.15, 0.2) is 24.3 Å². The predicted molar refractivity (Wildman–Crippen MR) is 81.1 cm³/mol. The van der Waals surface area contributed by atoms with Crippen LogP contribution < -0.4 is 10.2 Å². The highest BCUT2D eigenvalue weighted by molar-refractivity contribution is 5.59. The zero-order valence-electron chi connectivity index (χ0n) is 12.1. The fourth-order valence-corrected chi connectivity index (χ4v) is 5.97. The van der Waals surface area contributed by atoms with Gasteiger partial charge in [0.15, 0.2) is 0 Å². The normalized spacial score (nSPS) is 45.0. The molecule has 1 aromatic carbocycles. The van der Waals surface area contributed by atoms with Gasteiger partial charge in [-0.05, 0) is 24.5 Å². The van der Waals surface area contributed by atoms with Crippen LogP contribution in [-0.4, -0.2) is 25.2 Å². The molecule has 3 fully saturated rings. The number of hydrogen-bond donors (Lipinski definition) is 2. The summed E-state index contributed by atoms with van der Waals surface area (Å²) < 4.78 is 0. The van der Waals surface area contributed by atoms with Crippen molar-refractivity contribution in [2.45, 2.75) is 50.1 Å². The number of piperidine rings is 1. The monoisotopic (exact) mass is 269 g/mol. The van der Waals surface area contributed by atoms with E-state index in [9.17, 15) is 0 Å². The van der Waals surface area contributed by atoms with E-state index in [0.717, 1.165) is 29.8 Å². The van der Waals surface area contributed by atoms with Gasteiger partial charge in [-0.2, -0.15) is 0 Å².